The molecular weight excluding hydrogens is 409 g/mol. The van der Waals surface area contributed by atoms with Crippen molar-refractivity contribution >= 4 is 16.0 Å². The molecule has 0 saturated carbocycles. The number of nitrogens with one attached hydrogen (secondary N) is 3. The van der Waals surface area contributed by atoms with Crippen molar-refractivity contribution in [3.8, 4) is 0 Å². The van der Waals surface area contributed by atoms with E-state index in [2.05, 4.69) is 25.1 Å². The van der Waals surface area contributed by atoms with Gasteiger partial charge in [-0.05, 0) is 31.9 Å². The molecule has 0 heterocycles. The molecule has 0 aromatic heterocycles. The summed E-state index contributed by atoms with van der Waals surface area (Å²) in [6.45, 7) is 5.32. The standard InChI is InChI=1S/C18H29F3N4O3S/c1-5-22-16(24-12-17(2,3)25-29(4,26)27)23-10-14-6-8-15(9-7-14)11-28-13-18(19,20)21/h6-9,25H,5,10-13H2,1-4H3,(H2,22,23,24). The number of guanidine groups is 1. The second kappa shape index (κ2) is 10.8. The molecule has 0 radical (unpaired) electrons. The topological polar surface area (TPSA) is 91.8 Å². The van der Waals surface area contributed by atoms with Crippen LogP contribution in [0.15, 0.2) is 29.3 Å². The predicted molar refractivity (Wildman–Crippen MR) is 107 cm³/mol. The number of rotatable bonds is 10. The summed E-state index contributed by atoms with van der Waals surface area (Å²) < 4.78 is 66.3. The number of alkyl halides is 3. The van der Waals surface area contributed by atoms with Crippen LogP contribution in [0.3, 0.4) is 0 Å². The maximum absolute atomic E-state index is 12.1. The van der Waals surface area contributed by atoms with Gasteiger partial charge in [-0.2, -0.15) is 13.2 Å². The van der Waals surface area contributed by atoms with Crippen LogP contribution >= 0.6 is 0 Å². The summed E-state index contributed by atoms with van der Waals surface area (Å²) in [6, 6.07) is 6.93. The highest BCUT2D eigenvalue weighted by atomic mass is 32.2. The van der Waals surface area contributed by atoms with Gasteiger partial charge in [-0.3, -0.25) is 0 Å². The Morgan fingerprint density at radius 2 is 1.69 bits per heavy atom. The van der Waals surface area contributed by atoms with Gasteiger partial charge in [-0.15, -0.1) is 0 Å². The molecule has 1 aromatic carbocycles. The maximum atomic E-state index is 12.1. The second-order valence-electron chi connectivity index (χ2n) is 7.23. The predicted octanol–water partition coefficient (Wildman–Crippen LogP) is 2.15. The second-order valence-corrected chi connectivity index (χ2v) is 8.98. The smallest absolute Gasteiger partial charge is 0.367 e. The van der Waals surface area contributed by atoms with Crippen molar-refractivity contribution in [1.29, 1.82) is 0 Å². The van der Waals surface area contributed by atoms with Gasteiger partial charge in [0, 0.05) is 18.6 Å². The molecule has 0 aliphatic heterocycles. The van der Waals surface area contributed by atoms with Crippen LogP contribution in [0.25, 0.3) is 0 Å². The molecule has 0 unspecified atom stereocenters. The van der Waals surface area contributed by atoms with E-state index in [0.29, 0.717) is 31.2 Å². The molecular formula is C18H29F3N4O3S. The molecule has 0 atom stereocenters. The number of nitrogens with zero attached hydrogens (tertiary/aromatic N) is 1. The summed E-state index contributed by atoms with van der Waals surface area (Å²) in [7, 11) is -3.34. The van der Waals surface area contributed by atoms with Crippen molar-refractivity contribution in [3.63, 3.8) is 0 Å². The van der Waals surface area contributed by atoms with E-state index >= 15 is 0 Å². The van der Waals surface area contributed by atoms with Crippen molar-refractivity contribution in [2.24, 2.45) is 4.99 Å². The summed E-state index contributed by atoms with van der Waals surface area (Å²) in [4.78, 5) is 4.44. The van der Waals surface area contributed by atoms with E-state index in [0.717, 1.165) is 11.8 Å². The van der Waals surface area contributed by atoms with E-state index < -0.39 is 28.3 Å². The Hall–Kier alpha value is -1.85. The Balaban J connectivity index is 2.62. The fraction of sp³-hybridized carbons (Fsp3) is 0.611. The van der Waals surface area contributed by atoms with E-state index in [4.69, 9.17) is 0 Å². The minimum atomic E-state index is -4.34. The molecule has 1 rings (SSSR count). The number of hydrogen-bond acceptors (Lipinski definition) is 4. The van der Waals surface area contributed by atoms with Crippen LogP contribution < -0.4 is 15.4 Å². The third-order valence-electron chi connectivity index (χ3n) is 3.48. The van der Waals surface area contributed by atoms with E-state index in [9.17, 15) is 21.6 Å². The monoisotopic (exact) mass is 438 g/mol. The van der Waals surface area contributed by atoms with Gasteiger partial charge < -0.3 is 15.4 Å². The molecule has 0 aliphatic carbocycles. The van der Waals surface area contributed by atoms with Crippen LogP contribution in [-0.2, 0) is 27.9 Å². The lowest BCUT2D eigenvalue weighted by molar-refractivity contribution is -0.176. The molecule has 1 aromatic rings. The average Bonchev–Trinajstić information content (AvgIpc) is 2.55. The Morgan fingerprint density at radius 1 is 1.10 bits per heavy atom. The summed E-state index contributed by atoms with van der Waals surface area (Å²) in [6.07, 6.45) is -3.23. The van der Waals surface area contributed by atoms with Gasteiger partial charge in [0.15, 0.2) is 5.96 Å². The van der Waals surface area contributed by atoms with Crippen LogP contribution in [0.2, 0.25) is 0 Å². The highest BCUT2D eigenvalue weighted by Crippen LogP contribution is 2.16. The highest BCUT2D eigenvalue weighted by molar-refractivity contribution is 7.88. The number of benzene rings is 1. The first-order chi connectivity index (χ1) is 13.3. The van der Waals surface area contributed by atoms with Crippen LogP contribution in [0.1, 0.15) is 31.9 Å². The van der Waals surface area contributed by atoms with E-state index in [1.807, 2.05) is 6.92 Å². The number of ether oxygens (including phenoxy) is 1. The molecule has 0 amide bonds. The van der Waals surface area contributed by atoms with Crippen LogP contribution in [0.5, 0.6) is 0 Å². The Bertz CT molecular complexity index is 764. The largest absolute Gasteiger partial charge is 0.411 e. The quantitative estimate of drug-likeness (QED) is 0.385. The fourth-order valence-electron chi connectivity index (χ4n) is 2.38. The minimum Gasteiger partial charge on any atom is -0.367 e. The molecule has 0 spiro atoms. The lowest BCUT2D eigenvalue weighted by Crippen LogP contribution is -2.53. The minimum absolute atomic E-state index is 0.115. The molecule has 11 heteroatoms. The lowest BCUT2D eigenvalue weighted by atomic mass is 10.1. The number of sulfonamides is 1. The summed E-state index contributed by atoms with van der Waals surface area (Å²) in [5.74, 6) is 0.522. The lowest BCUT2D eigenvalue weighted by Gasteiger charge is -2.26. The number of hydrogen-bond donors (Lipinski definition) is 3. The van der Waals surface area contributed by atoms with E-state index in [1.54, 1.807) is 38.1 Å². The zero-order chi connectivity index (χ0) is 22.1. The molecule has 0 bridgehead atoms. The molecule has 3 N–H and O–H groups in total. The van der Waals surface area contributed by atoms with Gasteiger partial charge >= 0.3 is 6.18 Å². The third kappa shape index (κ3) is 12.3. The van der Waals surface area contributed by atoms with Crippen molar-refractivity contribution in [2.75, 3.05) is 26.0 Å². The van der Waals surface area contributed by atoms with Crippen molar-refractivity contribution in [3.05, 3.63) is 35.4 Å². The fourth-order valence-corrected chi connectivity index (χ4v) is 3.46. The van der Waals surface area contributed by atoms with Gasteiger partial charge in [-0.25, -0.2) is 18.1 Å². The molecule has 29 heavy (non-hydrogen) atoms. The van der Waals surface area contributed by atoms with Gasteiger partial charge in [0.2, 0.25) is 10.0 Å². The van der Waals surface area contributed by atoms with Crippen molar-refractivity contribution in [2.45, 2.75) is 45.6 Å². The third-order valence-corrected chi connectivity index (χ3v) is 4.40. The first-order valence-corrected chi connectivity index (χ1v) is 10.9. The molecule has 166 valence electrons. The van der Waals surface area contributed by atoms with Gasteiger partial charge in [-0.1, -0.05) is 24.3 Å². The van der Waals surface area contributed by atoms with Gasteiger partial charge in [0.1, 0.15) is 6.61 Å². The zero-order valence-electron chi connectivity index (χ0n) is 17.1. The van der Waals surface area contributed by atoms with Crippen molar-refractivity contribution < 1.29 is 26.3 Å². The summed E-state index contributed by atoms with van der Waals surface area (Å²) >= 11 is 0. The SMILES string of the molecule is CCNC(=NCc1ccc(COCC(F)(F)F)cc1)NCC(C)(C)NS(C)(=O)=O. The summed E-state index contributed by atoms with van der Waals surface area (Å²) in [5, 5.41) is 6.17. The Kier molecular flexibility index (Phi) is 9.37. The normalized spacial score (nSPS) is 13.4. The van der Waals surface area contributed by atoms with E-state index in [-0.39, 0.29) is 6.61 Å². The molecule has 7 nitrogen and oxygen atoms in total. The molecule has 0 saturated heterocycles. The number of halogens is 3. The molecule has 0 fully saturated rings. The van der Waals surface area contributed by atoms with Crippen LogP contribution in [0.4, 0.5) is 13.2 Å². The van der Waals surface area contributed by atoms with Crippen LogP contribution in [-0.4, -0.2) is 52.0 Å². The highest BCUT2D eigenvalue weighted by Gasteiger charge is 2.27. The molecule has 0 aliphatic rings. The Morgan fingerprint density at radius 3 is 2.21 bits per heavy atom. The van der Waals surface area contributed by atoms with Gasteiger partial charge in [0.05, 0.1) is 19.4 Å². The first kappa shape index (κ1) is 25.2. The van der Waals surface area contributed by atoms with Crippen LogP contribution in [0, 0.1) is 0 Å². The average molecular weight is 439 g/mol. The Labute approximate surface area is 170 Å². The first-order valence-electron chi connectivity index (χ1n) is 9.03. The summed E-state index contributed by atoms with van der Waals surface area (Å²) in [5.41, 5.74) is 0.804. The zero-order valence-corrected chi connectivity index (χ0v) is 17.9. The number of aliphatic imine (C=N–C) groups is 1. The van der Waals surface area contributed by atoms with Crippen molar-refractivity contribution in [1.82, 2.24) is 15.4 Å². The van der Waals surface area contributed by atoms with E-state index in [1.165, 1.54) is 0 Å². The van der Waals surface area contributed by atoms with Gasteiger partial charge in [0.25, 0.3) is 0 Å². The maximum Gasteiger partial charge on any atom is 0.411 e.